The highest BCUT2D eigenvalue weighted by molar-refractivity contribution is 5.92. The minimum atomic E-state index is -1.64. The van der Waals surface area contributed by atoms with Gasteiger partial charge >= 0.3 is 17.9 Å². The maximum atomic E-state index is 13.2. The van der Waals surface area contributed by atoms with Crippen molar-refractivity contribution in [3.05, 3.63) is 23.3 Å². The zero-order chi connectivity index (χ0) is 24.3. The summed E-state index contributed by atoms with van der Waals surface area (Å²) in [4.78, 5) is 39.0. The van der Waals surface area contributed by atoms with E-state index in [1.165, 1.54) is 0 Å². The fourth-order valence-electron chi connectivity index (χ4n) is 5.00. The standard InChI is InChI=1S/C25H34O8/c1-8-14(3)20(26)33-25(7)17-16(29-22(25)28)12-13(2)10-9-11-23(5)19(32-23)18(17)30-21(27)24(6)15(4)31-24/h8,10,15-19H,9,11-12H2,1-7H3/b13-10?,14-8-/t15-,16-,17+,18+,19-,23-,24-,25-/m0/s1. The lowest BCUT2D eigenvalue weighted by Crippen LogP contribution is -2.53. The average molecular weight is 463 g/mol. The van der Waals surface area contributed by atoms with E-state index < -0.39 is 58.9 Å². The van der Waals surface area contributed by atoms with Crippen LogP contribution in [-0.4, -0.2) is 59.1 Å². The lowest BCUT2D eigenvalue weighted by molar-refractivity contribution is -0.178. The number of hydrogen-bond acceptors (Lipinski definition) is 8. The van der Waals surface area contributed by atoms with Crippen LogP contribution >= 0.6 is 0 Å². The van der Waals surface area contributed by atoms with E-state index in [1.54, 1.807) is 40.7 Å². The van der Waals surface area contributed by atoms with Gasteiger partial charge in [0, 0.05) is 12.0 Å². The van der Waals surface area contributed by atoms with Crippen molar-refractivity contribution in [2.24, 2.45) is 5.92 Å². The predicted molar refractivity (Wildman–Crippen MR) is 117 cm³/mol. The van der Waals surface area contributed by atoms with Gasteiger partial charge in [-0.15, -0.1) is 0 Å². The Morgan fingerprint density at radius 2 is 1.88 bits per heavy atom. The van der Waals surface area contributed by atoms with Crippen LogP contribution in [0.25, 0.3) is 0 Å². The lowest BCUT2D eigenvalue weighted by atomic mass is 9.76. The third-order valence-electron chi connectivity index (χ3n) is 7.80. The molecular weight excluding hydrogens is 428 g/mol. The normalized spacial score (nSPS) is 44.6. The number of hydrogen-bond donors (Lipinski definition) is 0. The molecule has 0 amide bonds. The first-order chi connectivity index (χ1) is 15.4. The van der Waals surface area contributed by atoms with E-state index in [9.17, 15) is 14.4 Å². The van der Waals surface area contributed by atoms with Crippen LogP contribution < -0.4 is 0 Å². The Morgan fingerprint density at radius 1 is 1.21 bits per heavy atom. The fourth-order valence-corrected chi connectivity index (χ4v) is 5.00. The van der Waals surface area contributed by atoms with E-state index in [4.69, 9.17) is 23.7 Å². The lowest BCUT2D eigenvalue weighted by Gasteiger charge is -2.35. The van der Waals surface area contributed by atoms with Crippen molar-refractivity contribution < 1.29 is 38.1 Å². The summed E-state index contributed by atoms with van der Waals surface area (Å²) >= 11 is 0. The number of allylic oxidation sites excluding steroid dienone is 2. The number of ether oxygens (including phenoxy) is 5. The van der Waals surface area contributed by atoms with Crippen LogP contribution in [0.3, 0.4) is 0 Å². The molecule has 4 rings (SSSR count). The Morgan fingerprint density at radius 3 is 2.48 bits per heavy atom. The van der Waals surface area contributed by atoms with Gasteiger partial charge in [0.15, 0.2) is 5.60 Å². The van der Waals surface area contributed by atoms with Gasteiger partial charge in [0.2, 0.25) is 5.60 Å². The molecule has 3 saturated heterocycles. The SMILES string of the molecule is C/C=C(/C)C(=O)O[C@]1(C)C(=O)O[C@H]2CC(C)=CCC[C@]3(C)O[C@H]3[C@H](OC(=O)[C@@]3(C)O[C@H]3C)[C@@H]21. The van der Waals surface area contributed by atoms with Crippen LogP contribution in [0, 0.1) is 5.92 Å². The molecule has 8 heteroatoms. The molecule has 3 heterocycles. The van der Waals surface area contributed by atoms with E-state index in [2.05, 4.69) is 6.08 Å². The molecule has 0 N–H and O–H groups in total. The van der Waals surface area contributed by atoms with Crippen molar-refractivity contribution in [2.45, 2.75) is 109 Å². The van der Waals surface area contributed by atoms with Crippen LogP contribution in [0.2, 0.25) is 0 Å². The maximum absolute atomic E-state index is 13.2. The number of carbonyl (C=O) groups excluding carboxylic acids is 3. The minimum absolute atomic E-state index is 0.264. The monoisotopic (exact) mass is 462 g/mol. The molecule has 4 aliphatic rings. The molecule has 182 valence electrons. The molecule has 0 aromatic heterocycles. The molecule has 3 fully saturated rings. The third-order valence-corrected chi connectivity index (χ3v) is 7.80. The van der Waals surface area contributed by atoms with E-state index in [0.717, 1.165) is 18.4 Å². The quantitative estimate of drug-likeness (QED) is 0.206. The van der Waals surface area contributed by atoms with Crippen molar-refractivity contribution in [3.8, 4) is 0 Å². The Kier molecular flexibility index (Phi) is 5.77. The number of epoxide rings is 2. The number of fused-ring (bicyclic) bond motifs is 2. The summed E-state index contributed by atoms with van der Waals surface area (Å²) in [5.74, 6) is -2.52. The molecular formula is C25H34O8. The van der Waals surface area contributed by atoms with E-state index in [0.29, 0.717) is 12.0 Å². The summed E-state index contributed by atoms with van der Waals surface area (Å²) in [6.45, 7) is 12.3. The Bertz CT molecular complexity index is 937. The van der Waals surface area contributed by atoms with Gasteiger partial charge in [-0.2, -0.15) is 0 Å². The second-order valence-corrected chi connectivity index (χ2v) is 10.3. The molecule has 0 bridgehead atoms. The highest BCUT2D eigenvalue weighted by Crippen LogP contribution is 2.52. The summed E-state index contributed by atoms with van der Waals surface area (Å²) in [7, 11) is 0. The molecule has 1 aliphatic carbocycles. The van der Waals surface area contributed by atoms with Crippen LogP contribution in [0.5, 0.6) is 0 Å². The first kappa shape index (κ1) is 24.0. The van der Waals surface area contributed by atoms with Crippen molar-refractivity contribution in [1.29, 1.82) is 0 Å². The number of rotatable bonds is 4. The highest BCUT2D eigenvalue weighted by atomic mass is 16.7. The largest absolute Gasteiger partial charge is 0.458 e. The van der Waals surface area contributed by atoms with Gasteiger partial charge in [-0.05, 0) is 61.3 Å². The van der Waals surface area contributed by atoms with E-state index >= 15 is 0 Å². The Hall–Kier alpha value is -2.19. The van der Waals surface area contributed by atoms with Gasteiger partial charge in [0.1, 0.15) is 18.3 Å². The molecule has 0 aromatic carbocycles. The van der Waals surface area contributed by atoms with Crippen LogP contribution in [0.1, 0.15) is 67.7 Å². The van der Waals surface area contributed by atoms with Crippen molar-refractivity contribution >= 4 is 17.9 Å². The van der Waals surface area contributed by atoms with Gasteiger partial charge in [0.25, 0.3) is 0 Å². The van der Waals surface area contributed by atoms with Gasteiger partial charge in [-0.25, -0.2) is 14.4 Å². The van der Waals surface area contributed by atoms with Crippen LogP contribution in [0.4, 0.5) is 0 Å². The molecule has 0 spiro atoms. The summed E-state index contributed by atoms with van der Waals surface area (Å²) in [5, 5.41) is 0. The zero-order valence-corrected chi connectivity index (χ0v) is 20.4. The smallest absolute Gasteiger partial charge is 0.351 e. The number of esters is 3. The second kappa shape index (κ2) is 7.94. The van der Waals surface area contributed by atoms with Gasteiger partial charge < -0.3 is 23.7 Å². The first-order valence-corrected chi connectivity index (χ1v) is 11.7. The average Bonchev–Trinajstić information content (AvgIpc) is 3.57. The molecule has 0 saturated carbocycles. The van der Waals surface area contributed by atoms with Gasteiger partial charge in [-0.1, -0.05) is 17.7 Å². The maximum Gasteiger partial charge on any atom is 0.351 e. The number of carbonyl (C=O) groups is 3. The topological polar surface area (TPSA) is 104 Å². The first-order valence-electron chi connectivity index (χ1n) is 11.7. The molecule has 8 nitrogen and oxygen atoms in total. The molecule has 0 aromatic rings. The van der Waals surface area contributed by atoms with Crippen molar-refractivity contribution in [3.63, 3.8) is 0 Å². The van der Waals surface area contributed by atoms with Gasteiger partial charge in [0.05, 0.1) is 17.6 Å². The summed E-state index contributed by atoms with van der Waals surface area (Å²) in [5.41, 5.74) is -1.77. The summed E-state index contributed by atoms with van der Waals surface area (Å²) < 4.78 is 29.2. The Labute approximate surface area is 194 Å². The zero-order valence-electron chi connectivity index (χ0n) is 20.4. The second-order valence-electron chi connectivity index (χ2n) is 10.3. The minimum Gasteiger partial charge on any atom is -0.458 e. The Balaban J connectivity index is 1.75. The third kappa shape index (κ3) is 4.01. The predicted octanol–water partition coefficient (Wildman–Crippen LogP) is 3.17. The van der Waals surface area contributed by atoms with Gasteiger partial charge in [-0.3, -0.25) is 0 Å². The fraction of sp³-hybridized carbons (Fsp3) is 0.720. The highest BCUT2D eigenvalue weighted by Gasteiger charge is 2.70. The molecule has 0 radical (unpaired) electrons. The van der Waals surface area contributed by atoms with Crippen LogP contribution in [0.15, 0.2) is 23.3 Å². The van der Waals surface area contributed by atoms with E-state index in [1.807, 2.05) is 13.8 Å². The van der Waals surface area contributed by atoms with Crippen molar-refractivity contribution in [2.75, 3.05) is 0 Å². The molecule has 8 atom stereocenters. The molecule has 3 aliphatic heterocycles. The summed E-state index contributed by atoms with van der Waals surface area (Å²) in [6.07, 6.45) is 3.54. The van der Waals surface area contributed by atoms with E-state index in [-0.39, 0.29) is 6.10 Å². The molecule has 0 unspecified atom stereocenters. The summed E-state index contributed by atoms with van der Waals surface area (Å²) in [6, 6.07) is 0. The molecule has 33 heavy (non-hydrogen) atoms. The van der Waals surface area contributed by atoms with Crippen molar-refractivity contribution in [1.82, 2.24) is 0 Å². The van der Waals surface area contributed by atoms with Crippen LogP contribution in [-0.2, 0) is 38.1 Å².